The van der Waals surface area contributed by atoms with E-state index in [1.807, 2.05) is 39.5 Å². The Labute approximate surface area is 326 Å². The Hall–Kier alpha value is -2.50. The predicted molar refractivity (Wildman–Crippen MR) is 213 cm³/mol. The van der Waals surface area contributed by atoms with Crippen molar-refractivity contribution < 1.29 is 24.3 Å². The molecule has 2 saturated heterocycles. The number of rotatable bonds is 15. The standard InChI is InChI=1S/C43H74N6O5/c1-10-16-31(35(50)39(53)45-30-20-21-30)44-28(4)33-25-43(23-15-22-42(43,8)9)26-49(33)40(54)36(41(5,6)7)47-38(52)34(29-17-12-11-13-18-29)46-37(51)32-19-14-24-48(32)27(2)3/h27,29-32,34,36-37,44,46,51H,10-26H2,1-9H3,(H,45,53)(H,47,52)/b33-28+/t31-,32+,34-,36+,37?,43?/m0/s1. The fraction of sp³-hybridized carbons (Fsp3) is 0.860. The molecule has 306 valence electrons. The first-order valence-electron chi connectivity index (χ1n) is 21.5. The summed E-state index contributed by atoms with van der Waals surface area (Å²) < 4.78 is 0. The highest BCUT2D eigenvalue weighted by Crippen LogP contribution is 2.60. The summed E-state index contributed by atoms with van der Waals surface area (Å²) in [4.78, 5) is 60.3. The number of aliphatic hydroxyl groups excluding tert-OH is 1. The zero-order valence-corrected chi connectivity index (χ0v) is 35.1. The molecule has 11 nitrogen and oxygen atoms in total. The van der Waals surface area contributed by atoms with E-state index in [1.165, 1.54) is 0 Å². The largest absolute Gasteiger partial charge is 0.377 e. The molecule has 0 aromatic heterocycles. The first-order valence-corrected chi connectivity index (χ1v) is 21.5. The zero-order chi connectivity index (χ0) is 39.6. The normalized spacial score (nSPS) is 28.2. The van der Waals surface area contributed by atoms with Gasteiger partial charge in [-0.25, -0.2) is 0 Å². The lowest BCUT2D eigenvalue weighted by atomic mass is 9.67. The lowest BCUT2D eigenvalue weighted by molar-refractivity contribution is -0.139. The van der Waals surface area contributed by atoms with Crippen molar-refractivity contribution in [1.82, 2.24) is 31.1 Å². The molecule has 6 atom stereocenters. The SMILES string of the molecule is CCC[C@H](N/C(C)=C1\CC2(CCCC2(C)C)CN1C(=O)[C@@H](NC(=O)[C@@H](NC(O)[C@H]1CCCN1C(C)C)C1CCCCC1)C(C)(C)C)C(=O)C(=O)NC1CC1. The van der Waals surface area contributed by atoms with Gasteiger partial charge in [0.2, 0.25) is 17.6 Å². The van der Waals surface area contributed by atoms with Gasteiger partial charge in [-0.05, 0) is 114 Å². The highest BCUT2D eigenvalue weighted by atomic mass is 16.3. The van der Waals surface area contributed by atoms with E-state index < -0.39 is 41.5 Å². The number of ketones is 1. The molecule has 3 saturated carbocycles. The molecular weight excluding hydrogens is 681 g/mol. The molecule has 11 heteroatoms. The first-order chi connectivity index (χ1) is 25.4. The lowest BCUT2D eigenvalue weighted by Gasteiger charge is -2.40. The van der Waals surface area contributed by atoms with Crippen LogP contribution in [0.1, 0.15) is 159 Å². The fourth-order valence-electron chi connectivity index (χ4n) is 10.1. The van der Waals surface area contributed by atoms with Crippen LogP contribution in [0, 0.1) is 22.2 Å². The Kier molecular flexibility index (Phi) is 13.7. The van der Waals surface area contributed by atoms with E-state index in [1.54, 1.807) is 0 Å². The minimum Gasteiger partial charge on any atom is -0.377 e. The van der Waals surface area contributed by atoms with Crippen LogP contribution in [0.5, 0.6) is 0 Å². The third-order valence-electron chi connectivity index (χ3n) is 13.8. The number of hydrogen-bond donors (Lipinski definition) is 5. The van der Waals surface area contributed by atoms with Crippen LogP contribution in [0.25, 0.3) is 0 Å². The topological polar surface area (TPSA) is 143 Å². The molecule has 5 rings (SSSR count). The number of hydrogen-bond acceptors (Lipinski definition) is 8. The molecule has 0 bridgehead atoms. The molecule has 2 unspecified atom stereocenters. The van der Waals surface area contributed by atoms with Crippen molar-refractivity contribution in [2.45, 2.75) is 201 Å². The van der Waals surface area contributed by atoms with Gasteiger partial charge in [-0.2, -0.15) is 0 Å². The third-order valence-corrected chi connectivity index (χ3v) is 13.8. The number of Topliss-reactive ketones (excluding diaryl/α,β-unsaturated/α-hetero) is 1. The van der Waals surface area contributed by atoms with Gasteiger partial charge in [0.15, 0.2) is 0 Å². The summed E-state index contributed by atoms with van der Waals surface area (Å²) in [6.07, 6.45) is 13.0. The van der Waals surface area contributed by atoms with Crippen molar-refractivity contribution in [3.8, 4) is 0 Å². The lowest BCUT2D eigenvalue weighted by Crippen LogP contribution is -2.62. The van der Waals surface area contributed by atoms with Crippen LogP contribution >= 0.6 is 0 Å². The van der Waals surface area contributed by atoms with Crippen LogP contribution in [0.15, 0.2) is 11.4 Å². The molecule has 5 aliphatic rings. The van der Waals surface area contributed by atoms with Crippen molar-refractivity contribution in [3.63, 3.8) is 0 Å². The Morgan fingerprint density at radius 3 is 2.19 bits per heavy atom. The van der Waals surface area contributed by atoms with Gasteiger partial charge < -0.3 is 26.0 Å². The highest BCUT2D eigenvalue weighted by Gasteiger charge is 2.56. The Balaban J connectivity index is 1.43. The van der Waals surface area contributed by atoms with Gasteiger partial charge in [0.1, 0.15) is 12.3 Å². The number of carbonyl (C=O) groups excluding carboxylic acids is 4. The van der Waals surface area contributed by atoms with Crippen LogP contribution in [0.2, 0.25) is 0 Å². The molecular formula is C43H74N6O5. The van der Waals surface area contributed by atoms with E-state index in [-0.39, 0.29) is 40.6 Å². The quantitative estimate of drug-likeness (QED) is 0.109. The Bertz CT molecular complexity index is 1390. The van der Waals surface area contributed by atoms with Gasteiger partial charge >= 0.3 is 0 Å². The number of nitrogens with one attached hydrogen (secondary N) is 4. The van der Waals surface area contributed by atoms with Gasteiger partial charge in [-0.15, -0.1) is 0 Å². The second-order valence-electron chi connectivity index (χ2n) is 19.6. The van der Waals surface area contributed by atoms with E-state index in [0.717, 1.165) is 101 Å². The van der Waals surface area contributed by atoms with Crippen LogP contribution in [0.4, 0.5) is 0 Å². The zero-order valence-electron chi connectivity index (χ0n) is 35.1. The molecule has 0 aromatic rings. The summed E-state index contributed by atoms with van der Waals surface area (Å²) in [6, 6.07) is -1.81. The molecule has 1 spiro atoms. The van der Waals surface area contributed by atoms with Crippen molar-refractivity contribution in [2.75, 3.05) is 13.1 Å². The van der Waals surface area contributed by atoms with Crippen LogP contribution in [0.3, 0.4) is 0 Å². The molecule has 2 heterocycles. The molecule has 5 fully saturated rings. The average molecular weight is 755 g/mol. The van der Waals surface area contributed by atoms with E-state index in [4.69, 9.17) is 0 Å². The van der Waals surface area contributed by atoms with Gasteiger partial charge in [-0.1, -0.05) is 73.6 Å². The maximum Gasteiger partial charge on any atom is 0.289 e. The van der Waals surface area contributed by atoms with E-state index in [0.29, 0.717) is 25.4 Å². The summed E-state index contributed by atoms with van der Waals surface area (Å²) in [7, 11) is 0. The summed E-state index contributed by atoms with van der Waals surface area (Å²) in [5, 5.41) is 24.6. The number of aliphatic hydroxyl groups is 1. The monoisotopic (exact) mass is 755 g/mol. The number of nitrogens with zero attached hydrogens (tertiary/aromatic N) is 2. The van der Waals surface area contributed by atoms with Crippen molar-refractivity contribution in [1.29, 1.82) is 0 Å². The van der Waals surface area contributed by atoms with Crippen LogP contribution < -0.4 is 21.3 Å². The predicted octanol–water partition coefficient (Wildman–Crippen LogP) is 5.51. The van der Waals surface area contributed by atoms with Crippen molar-refractivity contribution in [2.24, 2.45) is 22.2 Å². The molecule has 2 aliphatic heterocycles. The van der Waals surface area contributed by atoms with Crippen molar-refractivity contribution >= 4 is 23.5 Å². The average Bonchev–Trinajstić information content (AvgIpc) is 3.49. The number of carbonyl (C=O) groups is 4. The minimum absolute atomic E-state index is 0.00687. The second-order valence-corrected chi connectivity index (χ2v) is 19.6. The second kappa shape index (κ2) is 17.3. The summed E-state index contributed by atoms with van der Waals surface area (Å²) in [5.41, 5.74) is 0.831. The Morgan fingerprint density at radius 2 is 1.61 bits per heavy atom. The molecule has 3 aliphatic carbocycles. The molecule has 3 amide bonds. The summed E-state index contributed by atoms with van der Waals surface area (Å²) in [5.74, 6) is -1.32. The van der Waals surface area contributed by atoms with Gasteiger partial charge in [0.25, 0.3) is 5.91 Å². The summed E-state index contributed by atoms with van der Waals surface area (Å²) in [6.45, 7) is 20.3. The maximum absolute atomic E-state index is 15.2. The van der Waals surface area contributed by atoms with Gasteiger partial charge in [0.05, 0.1) is 12.1 Å². The van der Waals surface area contributed by atoms with Crippen LogP contribution in [-0.2, 0) is 19.2 Å². The number of likely N-dealkylation sites (tertiary alicyclic amines) is 2. The molecule has 0 aromatic carbocycles. The fourth-order valence-corrected chi connectivity index (χ4v) is 10.1. The van der Waals surface area contributed by atoms with Gasteiger partial charge in [0, 0.05) is 36.1 Å². The third kappa shape index (κ3) is 9.54. The van der Waals surface area contributed by atoms with E-state index in [9.17, 15) is 19.5 Å². The minimum atomic E-state index is -0.854. The van der Waals surface area contributed by atoms with Gasteiger partial charge in [-0.3, -0.25) is 29.4 Å². The number of amides is 3. The Morgan fingerprint density at radius 1 is 0.926 bits per heavy atom. The first kappa shape index (κ1) is 42.6. The number of allylic oxidation sites excluding steroid dienone is 2. The molecule has 5 N–H and O–H groups in total. The summed E-state index contributed by atoms with van der Waals surface area (Å²) >= 11 is 0. The van der Waals surface area contributed by atoms with Crippen LogP contribution in [-0.4, -0.2) is 94.0 Å². The highest BCUT2D eigenvalue weighted by molar-refractivity contribution is 6.38. The van der Waals surface area contributed by atoms with E-state index >= 15 is 4.79 Å². The molecule has 0 radical (unpaired) electrons. The van der Waals surface area contributed by atoms with E-state index in [2.05, 4.69) is 53.9 Å². The van der Waals surface area contributed by atoms with Crippen molar-refractivity contribution in [3.05, 3.63) is 11.4 Å². The maximum atomic E-state index is 15.2. The smallest absolute Gasteiger partial charge is 0.289 e. The molecule has 54 heavy (non-hydrogen) atoms.